The Bertz CT molecular complexity index is 1090. The van der Waals surface area contributed by atoms with Crippen molar-refractivity contribution < 1.29 is 31.1 Å². The van der Waals surface area contributed by atoms with Crippen molar-refractivity contribution in [1.82, 2.24) is 15.1 Å². The molecule has 0 aromatic heterocycles. The molecule has 0 radical (unpaired) electrons. The summed E-state index contributed by atoms with van der Waals surface area (Å²) in [5, 5.41) is 3.15. The lowest BCUT2D eigenvalue weighted by molar-refractivity contribution is -0.143. The van der Waals surface area contributed by atoms with Crippen LogP contribution in [-0.4, -0.2) is 54.5 Å². The molecule has 2 aliphatic rings. The van der Waals surface area contributed by atoms with Crippen molar-refractivity contribution in [3.05, 3.63) is 69.7 Å². The lowest BCUT2D eigenvalue weighted by Crippen LogP contribution is -2.50. The molecule has 39 heavy (non-hydrogen) atoms. The first-order valence-electron chi connectivity index (χ1n) is 13.2. The van der Waals surface area contributed by atoms with Crippen molar-refractivity contribution in [2.45, 2.75) is 63.0 Å². The van der Waals surface area contributed by atoms with Gasteiger partial charge in [-0.25, -0.2) is 0 Å². The Morgan fingerprint density at radius 3 is 2.05 bits per heavy atom. The highest BCUT2D eigenvalue weighted by Crippen LogP contribution is 2.36. The van der Waals surface area contributed by atoms with Crippen LogP contribution in [0.5, 0.6) is 0 Å². The van der Waals surface area contributed by atoms with E-state index in [1.165, 1.54) is 19.3 Å². The quantitative estimate of drug-likeness (QED) is 0.372. The Balaban J connectivity index is 1.46. The average Bonchev–Trinajstić information content (AvgIpc) is 2.90. The molecule has 4 rings (SSSR count). The van der Waals surface area contributed by atoms with Gasteiger partial charge in [-0.2, -0.15) is 26.3 Å². The summed E-state index contributed by atoms with van der Waals surface area (Å²) >= 11 is 6.45. The SMILES string of the molecule is O=C(NCCc1cc(C(F)(F)F)cc(C(F)(F)F)c1)C(c1ccccc1Cl)N1CCC(N2CCCCC2)CC1. The van der Waals surface area contributed by atoms with Crippen LogP contribution in [0, 0.1) is 0 Å². The number of carbonyl (C=O) groups excluding carboxylic acids is 1. The van der Waals surface area contributed by atoms with E-state index in [9.17, 15) is 31.1 Å². The van der Waals surface area contributed by atoms with Crippen LogP contribution in [-0.2, 0) is 23.6 Å². The molecule has 0 saturated carbocycles. The van der Waals surface area contributed by atoms with E-state index in [0.717, 1.165) is 25.9 Å². The van der Waals surface area contributed by atoms with Gasteiger partial charge >= 0.3 is 12.4 Å². The fraction of sp³-hybridized carbons (Fsp3) is 0.536. The minimum Gasteiger partial charge on any atom is -0.354 e. The topological polar surface area (TPSA) is 35.6 Å². The van der Waals surface area contributed by atoms with E-state index < -0.39 is 29.5 Å². The lowest BCUT2D eigenvalue weighted by atomic mass is 9.96. The van der Waals surface area contributed by atoms with Gasteiger partial charge in [-0.1, -0.05) is 36.2 Å². The van der Waals surface area contributed by atoms with E-state index in [-0.39, 0.29) is 30.5 Å². The zero-order valence-corrected chi connectivity index (χ0v) is 22.2. The molecular weight excluding hydrogens is 544 g/mol. The molecule has 1 unspecified atom stereocenters. The maximum atomic E-state index is 13.4. The molecule has 2 saturated heterocycles. The second-order valence-corrected chi connectivity index (χ2v) is 10.7. The van der Waals surface area contributed by atoms with Gasteiger partial charge in [0.25, 0.3) is 0 Å². The largest absolute Gasteiger partial charge is 0.416 e. The molecular formula is C28H32ClF6N3O. The normalized spacial score (nSPS) is 19.2. The number of amides is 1. The zero-order valence-electron chi connectivity index (χ0n) is 21.4. The van der Waals surface area contributed by atoms with Crippen molar-refractivity contribution in [3.8, 4) is 0 Å². The second-order valence-electron chi connectivity index (χ2n) is 10.2. The minimum atomic E-state index is -4.92. The molecule has 4 nitrogen and oxygen atoms in total. The van der Waals surface area contributed by atoms with Crippen LogP contribution < -0.4 is 5.32 Å². The maximum absolute atomic E-state index is 13.4. The first-order chi connectivity index (χ1) is 18.4. The number of hydrogen-bond donors (Lipinski definition) is 1. The molecule has 2 aromatic rings. The first kappa shape index (κ1) is 29.7. The van der Waals surface area contributed by atoms with E-state index in [4.69, 9.17) is 11.6 Å². The Kier molecular flexibility index (Phi) is 9.49. The van der Waals surface area contributed by atoms with Gasteiger partial charge in [0.15, 0.2) is 0 Å². The molecule has 1 N–H and O–H groups in total. The van der Waals surface area contributed by atoms with Crippen LogP contribution in [0.1, 0.15) is 60.4 Å². The molecule has 2 fully saturated rings. The first-order valence-corrected chi connectivity index (χ1v) is 13.6. The highest BCUT2D eigenvalue weighted by molar-refractivity contribution is 6.31. The molecule has 0 bridgehead atoms. The van der Waals surface area contributed by atoms with Crippen LogP contribution in [0.4, 0.5) is 26.3 Å². The smallest absolute Gasteiger partial charge is 0.354 e. The summed E-state index contributed by atoms with van der Waals surface area (Å²) < 4.78 is 79.3. The average molecular weight is 576 g/mol. The van der Waals surface area contributed by atoms with Crippen molar-refractivity contribution >= 4 is 17.5 Å². The summed E-state index contributed by atoms with van der Waals surface area (Å²) in [5.74, 6) is -0.387. The molecule has 2 aliphatic heterocycles. The number of likely N-dealkylation sites (tertiary alicyclic amines) is 2. The summed E-state index contributed by atoms with van der Waals surface area (Å²) in [7, 11) is 0. The third-order valence-electron chi connectivity index (χ3n) is 7.58. The summed E-state index contributed by atoms with van der Waals surface area (Å²) in [4.78, 5) is 18.0. The third-order valence-corrected chi connectivity index (χ3v) is 7.92. The van der Waals surface area contributed by atoms with Crippen molar-refractivity contribution in [2.75, 3.05) is 32.7 Å². The van der Waals surface area contributed by atoms with Gasteiger partial charge in [-0.05, 0) is 80.6 Å². The standard InChI is InChI=1S/C28H32ClF6N3O/c29-24-7-3-2-6-23(24)25(38-14-9-22(10-15-38)37-12-4-1-5-13-37)26(39)36-11-8-19-16-20(27(30,31)32)18-21(17-19)28(33,34)35/h2-3,6-7,16-18,22,25H,1,4-5,8-15H2,(H,36,39). The van der Waals surface area contributed by atoms with Gasteiger partial charge in [-0.3, -0.25) is 9.69 Å². The Labute approximate surface area is 229 Å². The van der Waals surface area contributed by atoms with Gasteiger partial charge in [0.2, 0.25) is 5.91 Å². The fourth-order valence-corrected chi connectivity index (χ4v) is 5.82. The predicted octanol–water partition coefficient (Wildman–Crippen LogP) is 6.73. The third kappa shape index (κ3) is 7.67. The van der Waals surface area contributed by atoms with Gasteiger partial charge in [0, 0.05) is 30.7 Å². The van der Waals surface area contributed by atoms with Gasteiger partial charge in [-0.15, -0.1) is 0 Å². The van der Waals surface area contributed by atoms with Crippen LogP contribution in [0.25, 0.3) is 0 Å². The highest BCUT2D eigenvalue weighted by atomic mass is 35.5. The number of nitrogens with one attached hydrogen (secondary N) is 1. The van der Waals surface area contributed by atoms with Crippen LogP contribution >= 0.6 is 11.6 Å². The van der Waals surface area contributed by atoms with Crippen molar-refractivity contribution in [1.29, 1.82) is 0 Å². The predicted molar refractivity (Wildman–Crippen MR) is 137 cm³/mol. The van der Waals surface area contributed by atoms with Crippen LogP contribution in [0.3, 0.4) is 0 Å². The Morgan fingerprint density at radius 1 is 0.897 bits per heavy atom. The summed E-state index contributed by atoms with van der Waals surface area (Å²) in [6.45, 7) is 3.40. The molecule has 1 atom stereocenters. The molecule has 2 aromatic carbocycles. The summed E-state index contributed by atoms with van der Waals surface area (Å²) in [6, 6.07) is 8.23. The summed E-state index contributed by atoms with van der Waals surface area (Å²) in [6.07, 6.45) is -4.59. The van der Waals surface area contributed by atoms with E-state index in [1.54, 1.807) is 24.3 Å². The number of alkyl halides is 6. The van der Waals surface area contributed by atoms with E-state index >= 15 is 0 Å². The number of rotatable bonds is 7. The van der Waals surface area contributed by atoms with E-state index in [2.05, 4.69) is 15.1 Å². The minimum absolute atomic E-state index is 0.100. The number of hydrogen-bond acceptors (Lipinski definition) is 3. The Morgan fingerprint density at radius 2 is 1.49 bits per heavy atom. The molecule has 2 heterocycles. The fourth-order valence-electron chi connectivity index (χ4n) is 5.58. The number of nitrogens with zero attached hydrogens (tertiary/aromatic N) is 2. The van der Waals surface area contributed by atoms with E-state index in [0.29, 0.717) is 41.9 Å². The van der Waals surface area contributed by atoms with Crippen molar-refractivity contribution in [2.24, 2.45) is 0 Å². The second kappa shape index (κ2) is 12.5. The number of carbonyl (C=O) groups is 1. The van der Waals surface area contributed by atoms with Crippen LogP contribution in [0.15, 0.2) is 42.5 Å². The zero-order chi connectivity index (χ0) is 28.2. The van der Waals surface area contributed by atoms with Gasteiger partial charge in [0.1, 0.15) is 6.04 Å². The molecule has 214 valence electrons. The number of benzene rings is 2. The molecule has 0 spiro atoms. The highest BCUT2D eigenvalue weighted by Gasteiger charge is 2.37. The van der Waals surface area contributed by atoms with Crippen LogP contribution in [0.2, 0.25) is 5.02 Å². The number of halogens is 7. The molecule has 11 heteroatoms. The number of piperidine rings is 2. The lowest BCUT2D eigenvalue weighted by Gasteiger charge is -2.42. The van der Waals surface area contributed by atoms with E-state index in [1.807, 2.05) is 0 Å². The van der Waals surface area contributed by atoms with Gasteiger partial charge < -0.3 is 10.2 Å². The monoisotopic (exact) mass is 575 g/mol. The van der Waals surface area contributed by atoms with Crippen molar-refractivity contribution in [3.63, 3.8) is 0 Å². The maximum Gasteiger partial charge on any atom is 0.416 e. The summed E-state index contributed by atoms with van der Waals surface area (Å²) in [5.41, 5.74) is -2.28. The molecule has 1 amide bonds. The van der Waals surface area contributed by atoms with Gasteiger partial charge in [0.05, 0.1) is 11.1 Å². The molecule has 0 aliphatic carbocycles. The Hall–Kier alpha value is -2.30.